The van der Waals surface area contributed by atoms with Crippen LogP contribution in [0.4, 0.5) is 0 Å². The average Bonchev–Trinajstić information content (AvgIpc) is 3.08. The van der Waals surface area contributed by atoms with Crippen LogP contribution in [0.15, 0.2) is 65.4 Å². The average molecular weight is 550 g/mol. The van der Waals surface area contributed by atoms with Crippen molar-refractivity contribution < 1.29 is 14.0 Å². The second kappa shape index (κ2) is 11.6. The van der Waals surface area contributed by atoms with Gasteiger partial charge < -0.3 is 14.0 Å². The topological polar surface area (TPSA) is 40.6 Å². The number of hydrogen-bond acceptors (Lipinski definition) is 4. The standard InChI is InChI=1S/C30H37BBrNO3/c1-6-7-8-9-16-34-21-22-17-26(19-27(18-22)31-35-29(2,3)30(4,5)36-31)24-12-10-23(11-13-24)25-14-15-28(32)33-20-25/h10-15,17-20H,6-9,16,21H2,1-5H3. The summed E-state index contributed by atoms with van der Waals surface area (Å²) in [6, 6.07) is 19.2. The third-order valence-corrected chi connectivity index (χ3v) is 7.70. The molecule has 0 N–H and O–H groups in total. The van der Waals surface area contributed by atoms with Gasteiger partial charge in [0.05, 0.1) is 17.8 Å². The third kappa shape index (κ3) is 6.47. The van der Waals surface area contributed by atoms with Crippen LogP contribution in [0.5, 0.6) is 0 Å². The first-order valence-corrected chi connectivity index (χ1v) is 13.8. The van der Waals surface area contributed by atoms with E-state index in [4.69, 9.17) is 14.0 Å². The molecule has 1 fully saturated rings. The number of unbranched alkanes of at least 4 members (excludes halogenated alkanes) is 3. The highest BCUT2D eigenvalue weighted by Crippen LogP contribution is 2.37. The molecule has 0 spiro atoms. The van der Waals surface area contributed by atoms with Crippen molar-refractivity contribution in [1.82, 2.24) is 4.98 Å². The van der Waals surface area contributed by atoms with Crippen LogP contribution in [0.25, 0.3) is 22.3 Å². The van der Waals surface area contributed by atoms with E-state index >= 15 is 0 Å². The molecule has 36 heavy (non-hydrogen) atoms. The second-order valence-electron chi connectivity index (χ2n) is 10.6. The van der Waals surface area contributed by atoms with Crippen molar-refractivity contribution in [2.24, 2.45) is 0 Å². The Bertz CT molecular complexity index is 1130. The van der Waals surface area contributed by atoms with Gasteiger partial charge in [-0.05, 0) is 89.9 Å². The fraction of sp³-hybridized carbons (Fsp3) is 0.433. The summed E-state index contributed by atoms with van der Waals surface area (Å²) in [5.74, 6) is 0. The van der Waals surface area contributed by atoms with Gasteiger partial charge in [-0.25, -0.2) is 4.98 Å². The molecule has 0 atom stereocenters. The summed E-state index contributed by atoms with van der Waals surface area (Å²) >= 11 is 3.41. The lowest BCUT2D eigenvalue weighted by atomic mass is 9.77. The molecule has 1 aliphatic heterocycles. The van der Waals surface area contributed by atoms with E-state index in [0.717, 1.165) is 50.9 Å². The zero-order valence-electron chi connectivity index (χ0n) is 22.1. The Morgan fingerprint density at radius 3 is 2.06 bits per heavy atom. The minimum absolute atomic E-state index is 0.385. The Morgan fingerprint density at radius 1 is 0.806 bits per heavy atom. The van der Waals surface area contributed by atoms with Gasteiger partial charge in [0.25, 0.3) is 0 Å². The van der Waals surface area contributed by atoms with E-state index in [-0.39, 0.29) is 11.2 Å². The van der Waals surface area contributed by atoms with Crippen LogP contribution >= 0.6 is 15.9 Å². The van der Waals surface area contributed by atoms with Crippen molar-refractivity contribution >= 4 is 28.5 Å². The van der Waals surface area contributed by atoms with Crippen LogP contribution in [0.1, 0.15) is 65.9 Å². The zero-order valence-corrected chi connectivity index (χ0v) is 23.7. The molecule has 2 aromatic carbocycles. The number of nitrogens with zero attached hydrogens (tertiary/aromatic N) is 1. The van der Waals surface area contributed by atoms with Crippen molar-refractivity contribution in [3.63, 3.8) is 0 Å². The lowest BCUT2D eigenvalue weighted by molar-refractivity contribution is 0.00578. The van der Waals surface area contributed by atoms with E-state index in [1.165, 1.54) is 19.3 Å². The quantitative estimate of drug-likeness (QED) is 0.148. The lowest BCUT2D eigenvalue weighted by Gasteiger charge is -2.32. The molecule has 0 saturated carbocycles. The summed E-state index contributed by atoms with van der Waals surface area (Å²) in [5, 5.41) is 0. The first kappa shape index (κ1) is 27.1. The number of hydrogen-bond donors (Lipinski definition) is 0. The molecule has 1 aromatic heterocycles. The Kier molecular flexibility index (Phi) is 8.72. The van der Waals surface area contributed by atoms with Crippen LogP contribution < -0.4 is 5.46 Å². The number of ether oxygens (including phenoxy) is 1. The second-order valence-corrected chi connectivity index (χ2v) is 11.4. The first-order chi connectivity index (χ1) is 17.2. The summed E-state index contributed by atoms with van der Waals surface area (Å²) in [5.41, 5.74) is 5.89. The van der Waals surface area contributed by atoms with E-state index in [1.54, 1.807) is 0 Å². The summed E-state index contributed by atoms with van der Waals surface area (Å²) < 4.78 is 19.6. The molecular weight excluding hydrogens is 513 g/mol. The van der Waals surface area contributed by atoms with Crippen LogP contribution in [-0.2, 0) is 20.7 Å². The van der Waals surface area contributed by atoms with Gasteiger partial charge in [-0.1, -0.05) is 68.7 Å². The molecule has 0 bridgehead atoms. The van der Waals surface area contributed by atoms with Crippen molar-refractivity contribution in [1.29, 1.82) is 0 Å². The molecule has 2 heterocycles. The van der Waals surface area contributed by atoms with Crippen molar-refractivity contribution in [3.05, 3.63) is 71.0 Å². The molecule has 0 radical (unpaired) electrons. The van der Waals surface area contributed by atoms with E-state index in [0.29, 0.717) is 6.61 Å². The largest absolute Gasteiger partial charge is 0.494 e. The van der Waals surface area contributed by atoms with Crippen LogP contribution in [0.2, 0.25) is 0 Å². The fourth-order valence-electron chi connectivity index (χ4n) is 4.31. The predicted molar refractivity (Wildman–Crippen MR) is 152 cm³/mol. The van der Waals surface area contributed by atoms with Crippen LogP contribution in [0, 0.1) is 0 Å². The first-order valence-electron chi connectivity index (χ1n) is 13.0. The lowest BCUT2D eigenvalue weighted by Crippen LogP contribution is -2.41. The number of pyridine rings is 1. The molecular formula is C30H37BBrNO3. The van der Waals surface area contributed by atoms with Crippen LogP contribution in [-0.4, -0.2) is 29.9 Å². The van der Waals surface area contributed by atoms with E-state index < -0.39 is 7.12 Å². The molecule has 190 valence electrons. The van der Waals surface area contributed by atoms with Crippen LogP contribution in [0.3, 0.4) is 0 Å². The number of halogens is 1. The highest BCUT2D eigenvalue weighted by Gasteiger charge is 2.51. The van der Waals surface area contributed by atoms with Gasteiger partial charge in [0.1, 0.15) is 4.60 Å². The van der Waals surface area contributed by atoms with Gasteiger partial charge in [0.15, 0.2) is 0 Å². The fourth-order valence-corrected chi connectivity index (χ4v) is 4.54. The minimum Gasteiger partial charge on any atom is -0.399 e. The minimum atomic E-state index is -0.411. The van der Waals surface area contributed by atoms with Gasteiger partial charge >= 0.3 is 7.12 Å². The molecule has 4 nitrogen and oxygen atoms in total. The van der Waals surface area contributed by atoms with Gasteiger partial charge in [-0.15, -0.1) is 0 Å². The van der Waals surface area contributed by atoms with Gasteiger partial charge in [0, 0.05) is 18.4 Å². The molecule has 0 aliphatic carbocycles. The monoisotopic (exact) mass is 549 g/mol. The number of benzene rings is 2. The van der Waals surface area contributed by atoms with E-state index in [9.17, 15) is 0 Å². The van der Waals surface area contributed by atoms with Gasteiger partial charge in [-0.3, -0.25) is 0 Å². The maximum absolute atomic E-state index is 6.38. The molecule has 6 heteroatoms. The van der Waals surface area contributed by atoms with Gasteiger partial charge in [-0.2, -0.15) is 0 Å². The van der Waals surface area contributed by atoms with E-state index in [2.05, 4.69) is 104 Å². The summed E-state index contributed by atoms with van der Waals surface area (Å²) in [6.07, 6.45) is 6.70. The molecule has 0 amide bonds. The molecule has 0 unspecified atom stereocenters. The maximum atomic E-state index is 6.38. The third-order valence-electron chi connectivity index (χ3n) is 7.23. The Labute approximate surface area is 225 Å². The van der Waals surface area contributed by atoms with Gasteiger partial charge in [0.2, 0.25) is 0 Å². The number of rotatable bonds is 10. The number of aromatic nitrogens is 1. The molecule has 4 rings (SSSR count). The predicted octanol–water partition coefficient (Wildman–Crippen LogP) is 7.57. The maximum Gasteiger partial charge on any atom is 0.494 e. The smallest absolute Gasteiger partial charge is 0.399 e. The summed E-state index contributed by atoms with van der Waals surface area (Å²) in [6.45, 7) is 12.0. The molecule has 1 saturated heterocycles. The van der Waals surface area contributed by atoms with Crippen molar-refractivity contribution in [3.8, 4) is 22.3 Å². The van der Waals surface area contributed by atoms with Crippen molar-refractivity contribution in [2.75, 3.05) is 6.61 Å². The summed E-state index contributed by atoms with van der Waals surface area (Å²) in [4.78, 5) is 4.35. The highest BCUT2D eigenvalue weighted by atomic mass is 79.9. The summed E-state index contributed by atoms with van der Waals surface area (Å²) in [7, 11) is -0.411. The SMILES string of the molecule is CCCCCCOCc1cc(B2OC(C)(C)C(C)(C)O2)cc(-c2ccc(-c3ccc(Br)nc3)cc2)c1. The zero-order chi connectivity index (χ0) is 25.8. The Morgan fingerprint density at radius 2 is 1.44 bits per heavy atom. The van der Waals surface area contributed by atoms with E-state index in [1.807, 2.05) is 12.3 Å². The van der Waals surface area contributed by atoms with Crippen molar-refractivity contribution in [2.45, 2.75) is 78.1 Å². The molecule has 1 aliphatic rings. The molecule has 3 aromatic rings. The highest BCUT2D eigenvalue weighted by molar-refractivity contribution is 9.10. The Hall–Kier alpha value is -1.99. The normalized spacial score (nSPS) is 16.4. The Balaban J connectivity index is 1.59.